The zero-order valence-electron chi connectivity index (χ0n) is 13.4. The Morgan fingerprint density at radius 2 is 2.05 bits per heavy atom. The zero-order chi connectivity index (χ0) is 15.9. The van der Waals surface area contributed by atoms with Crippen LogP contribution in [0.5, 0.6) is 0 Å². The van der Waals surface area contributed by atoms with E-state index in [1.807, 2.05) is 51.4 Å². The SMILES string of the molecule is CNCCN(C)C(=O)CCc1nc(C)c(-c2ccccc2)o1. The summed E-state index contributed by atoms with van der Waals surface area (Å²) in [6.45, 7) is 3.42. The summed E-state index contributed by atoms with van der Waals surface area (Å²) in [6, 6.07) is 9.89. The molecule has 0 aliphatic heterocycles. The maximum Gasteiger partial charge on any atom is 0.222 e. The van der Waals surface area contributed by atoms with Gasteiger partial charge in [-0.2, -0.15) is 0 Å². The molecule has 1 heterocycles. The summed E-state index contributed by atoms with van der Waals surface area (Å²) >= 11 is 0. The number of hydrogen-bond acceptors (Lipinski definition) is 4. The van der Waals surface area contributed by atoms with Crippen molar-refractivity contribution in [1.29, 1.82) is 0 Å². The molecule has 0 aliphatic carbocycles. The molecule has 0 atom stereocenters. The molecule has 2 aromatic rings. The van der Waals surface area contributed by atoms with Crippen molar-refractivity contribution in [2.24, 2.45) is 0 Å². The van der Waals surface area contributed by atoms with E-state index in [9.17, 15) is 4.79 Å². The minimum Gasteiger partial charge on any atom is -0.440 e. The normalized spacial score (nSPS) is 10.7. The molecule has 1 aromatic carbocycles. The third kappa shape index (κ3) is 4.18. The number of aromatic nitrogens is 1. The molecule has 1 aromatic heterocycles. The molecule has 5 nitrogen and oxygen atoms in total. The number of rotatable bonds is 7. The van der Waals surface area contributed by atoms with Gasteiger partial charge in [-0.05, 0) is 14.0 Å². The molecule has 22 heavy (non-hydrogen) atoms. The third-order valence-electron chi connectivity index (χ3n) is 3.55. The summed E-state index contributed by atoms with van der Waals surface area (Å²) in [4.78, 5) is 18.2. The van der Waals surface area contributed by atoms with Crippen LogP contribution < -0.4 is 5.32 Å². The first-order valence-corrected chi connectivity index (χ1v) is 7.52. The number of nitrogens with one attached hydrogen (secondary N) is 1. The average Bonchev–Trinajstić information content (AvgIpc) is 2.92. The number of carbonyl (C=O) groups is 1. The number of amides is 1. The highest BCUT2D eigenvalue weighted by Crippen LogP contribution is 2.24. The Kier molecular flexibility index (Phi) is 5.72. The summed E-state index contributed by atoms with van der Waals surface area (Å²) in [5.74, 6) is 1.51. The Morgan fingerprint density at radius 3 is 2.73 bits per heavy atom. The molecule has 0 saturated carbocycles. The minimum absolute atomic E-state index is 0.104. The van der Waals surface area contributed by atoms with Gasteiger partial charge in [0.2, 0.25) is 5.91 Å². The van der Waals surface area contributed by atoms with E-state index >= 15 is 0 Å². The molecule has 118 valence electrons. The van der Waals surface area contributed by atoms with E-state index in [-0.39, 0.29) is 5.91 Å². The quantitative estimate of drug-likeness (QED) is 0.852. The standard InChI is InChI=1S/C17H23N3O2/c1-13-17(14-7-5-4-6-8-14)22-15(19-13)9-10-16(21)20(3)12-11-18-2/h4-8,18H,9-12H2,1-3H3. The van der Waals surface area contributed by atoms with Crippen molar-refractivity contribution >= 4 is 5.91 Å². The van der Waals surface area contributed by atoms with Gasteiger partial charge in [-0.25, -0.2) is 4.98 Å². The van der Waals surface area contributed by atoms with Crippen LogP contribution in [-0.4, -0.2) is 43.0 Å². The van der Waals surface area contributed by atoms with E-state index in [0.29, 0.717) is 25.3 Å². The molecule has 0 saturated heterocycles. The summed E-state index contributed by atoms with van der Waals surface area (Å²) in [5.41, 5.74) is 1.87. The third-order valence-corrected chi connectivity index (χ3v) is 3.55. The van der Waals surface area contributed by atoms with E-state index in [1.54, 1.807) is 4.90 Å². The highest BCUT2D eigenvalue weighted by Gasteiger charge is 2.14. The molecular formula is C17H23N3O2. The minimum atomic E-state index is 0.104. The van der Waals surface area contributed by atoms with Crippen molar-refractivity contribution in [3.63, 3.8) is 0 Å². The van der Waals surface area contributed by atoms with Gasteiger partial charge in [0.1, 0.15) is 0 Å². The van der Waals surface area contributed by atoms with Gasteiger partial charge >= 0.3 is 0 Å². The molecule has 0 bridgehead atoms. The van der Waals surface area contributed by atoms with Gasteiger partial charge in [0, 0.05) is 38.5 Å². The molecule has 2 rings (SSSR count). The van der Waals surface area contributed by atoms with Gasteiger partial charge in [0.15, 0.2) is 11.7 Å². The number of carbonyl (C=O) groups excluding carboxylic acids is 1. The lowest BCUT2D eigenvalue weighted by Crippen LogP contribution is -2.32. The topological polar surface area (TPSA) is 58.4 Å². The van der Waals surface area contributed by atoms with Crippen LogP contribution in [-0.2, 0) is 11.2 Å². The Morgan fingerprint density at radius 1 is 1.32 bits per heavy atom. The molecule has 0 fully saturated rings. The molecule has 0 radical (unpaired) electrons. The highest BCUT2D eigenvalue weighted by atomic mass is 16.4. The first-order valence-electron chi connectivity index (χ1n) is 7.52. The fourth-order valence-corrected chi connectivity index (χ4v) is 2.23. The summed E-state index contributed by atoms with van der Waals surface area (Å²) < 4.78 is 5.82. The number of oxazole rings is 1. The number of aryl methyl sites for hydroxylation is 2. The Labute approximate surface area is 131 Å². The lowest BCUT2D eigenvalue weighted by atomic mass is 10.1. The Balaban J connectivity index is 1.96. The Bertz CT molecular complexity index is 608. The second-order valence-electron chi connectivity index (χ2n) is 5.31. The van der Waals surface area contributed by atoms with E-state index in [0.717, 1.165) is 23.6 Å². The van der Waals surface area contributed by atoms with Crippen LogP contribution in [0, 0.1) is 6.92 Å². The van der Waals surface area contributed by atoms with Crippen molar-refractivity contribution in [2.75, 3.05) is 27.2 Å². The van der Waals surface area contributed by atoms with Gasteiger partial charge in [0.25, 0.3) is 0 Å². The van der Waals surface area contributed by atoms with Crippen LogP contribution in [0.3, 0.4) is 0 Å². The molecule has 0 unspecified atom stereocenters. The molecule has 0 aliphatic rings. The lowest BCUT2D eigenvalue weighted by Gasteiger charge is -2.16. The zero-order valence-corrected chi connectivity index (χ0v) is 13.4. The number of nitrogens with zero attached hydrogens (tertiary/aromatic N) is 2. The second-order valence-corrected chi connectivity index (χ2v) is 5.31. The van der Waals surface area contributed by atoms with Crippen molar-refractivity contribution in [2.45, 2.75) is 19.8 Å². The monoisotopic (exact) mass is 301 g/mol. The van der Waals surface area contributed by atoms with Gasteiger partial charge in [-0.15, -0.1) is 0 Å². The molecule has 5 heteroatoms. The predicted octanol–water partition coefficient (Wildman–Crippen LogP) is 2.26. The maximum atomic E-state index is 12.0. The van der Waals surface area contributed by atoms with Gasteiger partial charge in [0.05, 0.1) is 5.69 Å². The molecule has 0 spiro atoms. The van der Waals surface area contributed by atoms with Crippen LogP contribution in [0.2, 0.25) is 0 Å². The van der Waals surface area contributed by atoms with Crippen molar-refractivity contribution in [3.8, 4) is 11.3 Å². The molecule has 1 amide bonds. The second kappa shape index (κ2) is 7.75. The van der Waals surface area contributed by atoms with E-state index in [1.165, 1.54) is 0 Å². The molecular weight excluding hydrogens is 278 g/mol. The van der Waals surface area contributed by atoms with Crippen LogP contribution in [0.4, 0.5) is 0 Å². The number of benzene rings is 1. The smallest absolute Gasteiger partial charge is 0.222 e. The van der Waals surface area contributed by atoms with Crippen LogP contribution in [0.15, 0.2) is 34.7 Å². The van der Waals surface area contributed by atoms with E-state index < -0.39 is 0 Å². The van der Waals surface area contributed by atoms with Crippen LogP contribution in [0.25, 0.3) is 11.3 Å². The van der Waals surface area contributed by atoms with Gasteiger partial charge < -0.3 is 14.6 Å². The largest absolute Gasteiger partial charge is 0.440 e. The molecule has 1 N–H and O–H groups in total. The number of hydrogen-bond donors (Lipinski definition) is 1. The van der Waals surface area contributed by atoms with E-state index in [2.05, 4.69) is 10.3 Å². The summed E-state index contributed by atoms with van der Waals surface area (Å²) in [7, 11) is 3.69. The fraction of sp³-hybridized carbons (Fsp3) is 0.412. The van der Waals surface area contributed by atoms with Crippen LogP contribution in [0.1, 0.15) is 18.0 Å². The Hall–Kier alpha value is -2.14. The first kappa shape index (κ1) is 16.2. The predicted molar refractivity (Wildman–Crippen MR) is 86.6 cm³/mol. The van der Waals surface area contributed by atoms with Gasteiger partial charge in [-0.1, -0.05) is 30.3 Å². The first-order chi connectivity index (χ1) is 10.6. The summed E-state index contributed by atoms with van der Waals surface area (Å²) in [5, 5.41) is 3.03. The van der Waals surface area contributed by atoms with Crippen molar-refractivity contribution in [1.82, 2.24) is 15.2 Å². The fourth-order valence-electron chi connectivity index (χ4n) is 2.23. The highest BCUT2D eigenvalue weighted by molar-refractivity contribution is 5.76. The number of likely N-dealkylation sites (N-methyl/N-ethyl adjacent to an activating group) is 2. The maximum absolute atomic E-state index is 12.0. The van der Waals surface area contributed by atoms with Crippen molar-refractivity contribution in [3.05, 3.63) is 41.9 Å². The summed E-state index contributed by atoms with van der Waals surface area (Å²) in [6.07, 6.45) is 0.935. The van der Waals surface area contributed by atoms with Crippen molar-refractivity contribution < 1.29 is 9.21 Å². The van der Waals surface area contributed by atoms with E-state index in [4.69, 9.17) is 4.42 Å². The van der Waals surface area contributed by atoms with Gasteiger partial charge in [-0.3, -0.25) is 4.79 Å². The lowest BCUT2D eigenvalue weighted by molar-refractivity contribution is -0.129. The average molecular weight is 301 g/mol. The van der Waals surface area contributed by atoms with Crippen LogP contribution >= 0.6 is 0 Å².